The molecule has 86 valence electrons. The van der Waals surface area contributed by atoms with Crippen molar-refractivity contribution in [3.8, 4) is 0 Å². The summed E-state index contributed by atoms with van der Waals surface area (Å²) in [6.07, 6.45) is 7.26. The van der Waals surface area contributed by atoms with Crippen molar-refractivity contribution in [2.24, 2.45) is 0 Å². The van der Waals surface area contributed by atoms with E-state index in [4.69, 9.17) is 0 Å². The molecule has 2 aromatic heterocycles. The van der Waals surface area contributed by atoms with Gasteiger partial charge in [-0.15, -0.1) is 0 Å². The smallest absolute Gasteiger partial charge is 0.257 e. The lowest BCUT2D eigenvalue weighted by atomic mass is 10.1. The van der Waals surface area contributed by atoms with Crippen molar-refractivity contribution in [3.63, 3.8) is 0 Å². The number of hydrogen-bond donors (Lipinski definition) is 0. The number of aromatic nitrogens is 2. The van der Waals surface area contributed by atoms with E-state index < -0.39 is 0 Å². The van der Waals surface area contributed by atoms with Crippen molar-refractivity contribution < 1.29 is 4.79 Å². The molecule has 17 heavy (non-hydrogen) atoms. The highest BCUT2D eigenvalue weighted by Gasteiger charge is 2.21. The van der Waals surface area contributed by atoms with Crippen LogP contribution in [0.4, 0.5) is 0 Å². The van der Waals surface area contributed by atoms with E-state index in [1.165, 1.54) is 0 Å². The van der Waals surface area contributed by atoms with E-state index in [-0.39, 0.29) is 5.91 Å². The molecule has 0 spiro atoms. The van der Waals surface area contributed by atoms with Crippen molar-refractivity contribution in [2.75, 3.05) is 13.1 Å². The standard InChI is InChI=1S/C13H13N3O/c17-13(16-6-1-2-7-16)11-9-14-8-10-4-3-5-15-12(10)11/h3-5,8-9H,1-2,6-7H2. The zero-order valence-corrected chi connectivity index (χ0v) is 9.47. The molecule has 3 rings (SSSR count). The van der Waals surface area contributed by atoms with Crippen molar-refractivity contribution >= 4 is 16.8 Å². The Hall–Kier alpha value is -1.97. The van der Waals surface area contributed by atoms with E-state index in [0.29, 0.717) is 5.56 Å². The molecule has 0 N–H and O–H groups in total. The molecule has 0 unspecified atom stereocenters. The highest BCUT2D eigenvalue weighted by Crippen LogP contribution is 2.18. The molecule has 0 aromatic carbocycles. The molecule has 4 heteroatoms. The quantitative estimate of drug-likeness (QED) is 0.747. The van der Waals surface area contributed by atoms with Crippen LogP contribution in [0.25, 0.3) is 10.9 Å². The fourth-order valence-electron chi connectivity index (χ4n) is 2.25. The second-order valence-electron chi connectivity index (χ2n) is 4.26. The fourth-order valence-corrected chi connectivity index (χ4v) is 2.25. The first-order valence-electron chi connectivity index (χ1n) is 5.84. The number of fused-ring (bicyclic) bond motifs is 1. The van der Waals surface area contributed by atoms with Gasteiger partial charge in [0.2, 0.25) is 0 Å². The molecule has 4 nitrogen and oxygen atoms in total. The molecule has 0 saturated carbocycles. The second-order valence-corrected chi connectivity index (χ2v) is 4.26. The minimum absolute atomic E-state index is 0.0549. The van der Waals surface area contributed by atoms with E-state index in [0.717, 1.165) is 36.8 Å². The lowest BCUT2D eigenvalue weighted by Gasteiger charge is -2.15. The Kier molecular flexibility index (Phi) is 2.48. The Labute approximate surface area is 99.3 Å². The third-order valence-electron chi connectivity index (χ3n) is 3.13. The third kappa shape index (κ3) is 1.75. The summed E-state index contributed by atoms with van der Waals surface area (Å²) in [6.45, 7) is 1.70. The Morgan fingerprint density at radius 1 is 1.24 bits per heavy atom. The number of amides is 1. The number of pyridine rings is 2. The van der Waals surface area contributed by atoms with Gasteiger partial charge in [0.1, 0.15) is 0 Å². The summed E-state index contributed by atoms with van der Waals surface area (Å²) >= 11 is 0. The van der Waals surface area contributed by atoms with Crippen LogP contribution in [0.15, 0.2) is 30.7 Å². The summed E-state index contributed by atoms with van der Waals surface area (Å²) in [5, 5.41) is 0.914. The summed E-state index contributed by atoms with van der Waals surface area (Å²) in [7, 11) is 0. The summed E-state index contributed by atoms with van der Waals surface area (Å²) in [4.78, 5) is 22.6. The van der Waals surface area contributed by atoms with E-state index in [2.05, 4.69) is 9.97 Å². The van der Waals surface area contributed by atoms with E-state index in [1.54, 1.807) is 18.6 Å². The van der Waals surface area contributed by atoms with Crippen LogP contribution in [-0.4, -0.2) is 33.9 Å². The van der Waals surface area contributed by atoms with Crippen molar-refractivity contribution in [1.29, 1.82) is 0 Å². The maximum absolute atomic E-state index is 12.3. The maximum Gasteiger partial charge on any atom is 0.257 e. The molecule has 0 atom stereocenters. The number of nitrogens with zero attached hydrogens (tertiary/aromatic N) is 3. The number of likely N-dealkylation sites (tertiary alicyclic amines) is 1. The van der Waals surface area contributed by atoms with Gasteiger partial charge in [-0.25, -0.2) is 0 Å². The van der Waals surface area contributed by atoms with Crippen LogP contribution in [0.2, 0.25) is 0 Å². The Morgan fingerprint density at radius 2 is 2.06 bits per heavy atom. The van der Waals surface area contributed by atoms with Gasteiger partial charge in [0, 0.05) is 37.1 Å². The predicted molar refractivity (Wildman–Crippen MR) is 64.7 cm³/mol. The van der Waals surface area contributed by atoms with Crippen LogP contribution in [0.1, 0.15) is 23.2 Å². The van der Waals surface area contributed by atoms with Crippen LogP contribution in [0.5, 0.6) is 0 Å². The minimum Gasteiger partial charge on any atom is -0.339 e. The highest BCUT2D eigenvalue weighted by atomic mass is 16.2. The van der Waals surface area contributed by atoms with E-state index in [1.807, 2.05) is 17.0 Å². The molecule has 1 aliphatic rings. The van der Waals surface area contributed by atoms with Crippen LogP contribution < -0.4 is 0 Å². The van der Waals surface area contributed by atoms with Gasteiger partial charge in [0.05, 0.1) is 11.1 Å². The van der Waals surface area contributed by atoms with E-state index in [9.17, 15) is 4.79 Å². The SMILES string of the molecule is O=C(c1cncc2cccnc12)N1CCCC1. The number of carbonyl (C=O) groups is 1. The monoisotopic (exact) mass is 227 g/mol. The van der Waals surface area contributed by atoms with Crippen LogP contribution in [0.3, 0.4) is 0 Å². The Bertz CT molecular complexity index is 556. The van der Waals surface area contributed by atoms with Gasteiger partial charge in [0.25, 0.3) is 5.91 Å². The average Bonchev–Trinajstić information content (AvgIpc) is 2.91. The largest absolute Gasteiger partial charge is 0.339 e. The van der Waals surface area contributed by atoms with Crippen LogP contribution in [-0.2, 0) is 0 Å². The number of carbonyl (C=O) groups excluding carboxylic acids is 1. The number of rotatable bonds is 1. The molecule has 1 fully saturated rings. The van der Waals surface area contributed by atoms with Gasteiger partial charge in [-0.2, -0.15) is 0 Å². The minimum atomic E-state index is 0.0549. The Balaban J connectivity index is 2.07. The first kappa shape index (κ1) is 10.2. The lowest BCUT2D eigenvalue weighted by molar-refractivity contribution is 0.0794. The molecular weight excluding hydrogens is 214 g/mol. The summed E-state index contributed by atoms with van der Waals surface area (Å²) < 4.78 is 0. The molecule has 1 amide bonds. The van der Waals surface area contributed by atoms with Gasteiger partial charge in [-0.05, 0) is 25.0 Å². The van der Waals surface area contributed by atoms with Crippen LogP contribution in [0, 0.1) is 0 Å². The van der Waals surface area contributed by atoms with Crippen molar-refractivity contribution in [3.05, 3.63) is 36.3 Å². The fraction of sp³-hybridized carbons (Fsp3) is 0.308. The zero-order valence-electron chi connectivity index (χ0n) is 9.47. The maximum atomic E-state index is 12.3. The summed E-state index contributed by atoms with van der Waals surface area (Å²) in [6, 6.07) is 3.78. The van der Waals surface area contributed by atoms with Gasteiger partial charge >= 0.3 is 0 Å². The van der Waals surface area contributed by atoms with Gasteiger partial charge in [-0.3, -0.25) is 14.8 Å². The summed E-state index contributed by atoms with van der Waals surface area (Å²) in [5.41, 5.74) is 1.37. The highest BCUT2D eigenvalue weighted by molar-refractivity contribution is 6.04. The molecule has 0 radical (unpaired) electrons. The Morgan fingerprint density at radius 3 is 2.88 bits per heavy atom. The molecule has 0 aliphatic carbocycles. The normalized spacial score (nSPS) is 15.4. The first-order chi connectivity index (χ1) is 8.36. The molecule has 1 saturated heterocycles. The van der Waals surface area contributed by atoms with E-state index >= 15 is 0 Å². The van der Waals surface area contributed by atoms with Gasteiger partial charge in [0.15, 0.2) is 0 Å². The second kappa shape index (κ2) is 4.13. The van der Waals surface area contributed by atoms with Crippen molar-refractivity contribution in [2.45, 2.75) is 12.8 Å². The number of hydrogen-bond acceptors (Lipinski definition) is 3. The third-order valence-corrected chi connectivity index (χ3v) is 3.13. The van der Waals surface area contributed by atoms with Gasteiger partial charge in [-0.1, -0.05) is 0 Å². The molecule has 0 bridgehead atoms. The zero-order chi connectivity index (χ0) is 11.7. The lowest BCUT2D eigenvalue weighted by Crippen LogP contribution is -2.28. The summed E-state index contributed by atoms with van der Waals surface area (Å²) in [5.74, 6) is 0.0549. The molecule has 3 heterocycles. The topological polar surface area (TPSA) is 46.1 Å². The van der Waals surface area contributed by atoms with Gasteiger partial charge < -0.3 is 4.90 Å². The van der Waals surface area contributed by atoms with Crippen molar-refractivity contribution in [1.82, 2.24) is 14.9 Å². The van der Waals surface area contributed by atoms with Crippen LogP contribution >= 0.6 is 0 Å². The first-order valence-corrected chi connectivity index (χ1v) is 5.84. The molecule has 2 aromatic rings. The molecule has 1 aliphatic heterocycles. The average molecular weight is 227 g/mol. The molecular formula is C13H13N3O. The predicted octanol–water partition coefficient (Wildman–Crippen LogP) is 1.87.